The predicted molar refractivity (Wildman–Crippen MR) is 64.8 cm³/mol. The summed E-state index contributed by atoms with van der Waals surface area (Å²) in [6.07, 6.45) is 0.977. The fraction of sp³-hybridized carbons (Fsp3) is 0.333. The summed E-state index contributed by atoms with van der Waals surface area (Å²) in [5.41, 5.74) is 5.36. The van der Waals surface area contributed by atoms with Gasteiger partial charge < -0.3 is 5.73 Å². The summed E-state index contributed by atoms with van der Waals surface area (Å²) in [6, 6.07) is 3.90. The molecule has 0 spiro atoms. The minimum atomic E-state index is -3.75. The molecule has 0 bridgehead atoms. The Balaban J connectivity index is 3.62. The molecular weight excluding hydrogens is 264 g/mol. The summed E-state index contributed by atoms with van der Waals surface area (Å²) < 4.78 is 47.6. The maximum atomic E-state index is 11.9. The van der Waals surface area contributed by atoms with E-state index in [0.29, 0.717) is 0 Å². The van der Waals surface area contributed by atoms with E-state index in [2.05, 4.69) is 0 Å². The van der Waals surface area contributed by atoms with Crippen molar-refractivity contribution in [1.82, 2.24) is 4.31 Å². The van der Waals surface area contributed by atoms with Gasteiger partial charge >= 0.3 is 0 Å². The highest BCUT2D eigenvalue weighted by atomic mass is 32.2. The lowest BCUT2D eigenvalue weighted by Crippen LogP contribution is -2.23. The van der Waals surface area contributed by atoms with Gasteiger partial charge in [-0.1, -0.05) is 6.07 Å². The number of sulfone groups is 1. The third kappa shape index (κ3) is 2.59. The minimum absolute atomic E-state index is 0.180. The molecule has 0 saturated heterocycles. The van der Waals surface area contributed by atoms with Crippen LogP contribution in [0.4, 0.5) is 5.69 Å². The Morgan fingerprint density at radius 1 is 1.06 bits per heavy atom. The van der Waals surface area contributed by atoms with Crippen LogP contribution in [0.5, 0.6) is 0 Å². The number of nitrogens with zero attached hydrogens (tertiary/aromatic N) is 1. The largest absolute Gasteiger partial charge is 0.397 e. The molecule has 0 heterocycles. The van der Waals surface area contributed by atoms with Crippen LogP contribution < -0.4 is 5.73 Å². The van der Waals surface area contributed by atoms with Crippen LogP contribution in [0.25, 0.3) is 0 Å². The summed E-state index contributed by atoms with van der Waals surface area (Å²) in [6.45, 7) is 0. The Hall–Kier alpha value is -1.12. The van der Waals surface area contributed by atoms with Gasteiger partial charge in [-0.3, -0.25) is 0 Å². The number of nitrogens with two attached hydrogens (primary N) is 1. The Kier molecular flexibility index (Phi) is 3.51. The maximum absolute atomic E-state index is 11.9. The van der Waals surface area contributed by atoms with Crippen LogP contribution in [0.1, 0.15) is 0 Å². The topological polar surface area (TPSA) is 97.5 Å². The van der Waals surface area contributed by atoms with Crippen LogP contribution in [0.2, 0.25) is 0 Å². The standard InChI is InChI=1S/C9H14N2O4S2/c1-11(2)17(14,15)8-6-4-5-7(9(8)10)16(3,12)13/h4-6H,10H2,1-3H3. The Morgan fingerprint density at radius 2 is 1.53 bits per heavy atom. The number of benzene rings is 1. The first-order valence-electron chi connectivity index (χ1n) is 4.59. The van der Waals surface area contributed by atoms with Gasteiger partial charge in [0.15, 0.2) is 9.84 Å². The van der Waals surface area contributed by atoms with Crippen LogP contribution >= 0.6 is 0 Å². The second kappa shape index (κ2) is 4.28. The monoisotopic (exact) mass is 278 g/mol. The second-order valence-electron chi connectivity index (χ2n) is 3.73. The Morgan fingerprint density at radius 3 is 1.94 bits per heavy atom. The molecule has 96 valence electrons. The number of anilines is 1. The van der Waals surface area contributed by atoms with Gasteiger partial charge in [-0.05, 0) is 12.1 Å². The molecule has 0 aromatic heterocycles. The van der Waals surface area contributed by atoms with E-state index in [1.807, 2.05) is 0 Å². The summed E-state index contributed by atoms with van der Waals surface area (Å²) in [5, 5.41) is 0. The van der Waals surface area contributed by atoms with Gasteiger partial charge in [0.2, 0.25) is 10.0 Å². The molecule has 1 rings (SSSR count). The molecule has 6 nitrogen and oxygen atoms in total. The van der Waals surface area contributed by atoms with Crippen molar-refractivity contribution < 1.29 is 16.8 Å². The molecule has 0 aliphatic heterocycles. The molecule has 0 fully saturated rings. The predicted octanol–water partition coefficient (Wildman–Crippen LogP) is -0.0774. The first-order valence-corrected chi connectivity index (χ1v) is 7.92. The van der Waals surface area contributed by atoms with Crippen molar-refractivity contribution in [1.29, 1.82) is 0 Å². The van der Waals surface area contributed by atoms with Gasteiger partial charge in [-0.15, -0.1) is 0 Å². The van der Waals surface area contributed by atoms with Crippen LogP contribution in [-0.2, 0) is 19.9 Å². The highest BCUT2D eigenvalue weighted by molar-refractivity contribution is 7.91. The van der Waals surface area contributed by atoms with Gasteiger partial charge in [0.25, 0.3) is 0 Å². The summed E-state index contributed by atoms with van der Waals surface area (Å²) in [5.74, 6) is 0. The van der Waals surface area contributed by atoms with E-state index in [1.165, 1.54) is 32.3 Å². The molecule has 0 radical (unpaired) electrons. The van der Waals surface area contributed by atoms with E-state index < -0.39 is 19.9 Å². The van der Waals surface area contributed by atoms with E-state index in [0.717, 1.165) is 10.6 Å². The fourth-order valence-corrected chi connectivity index (χ4v) is 3.20. The molecular formula is C9H14N2O4S2. The summed E-state index contributed by atoms with van der Waals surface area (Å²) in [4.78, 5) is -0.383. The van der Waals surface area contributed by atoms with E-state index >= 15 is 0 Å². The molecule has 0 aliphatic carbocycles. The smallest absolute Gasteiger partial charge is 0.244 e. The normalized spacial score (nSPS) is 12.9. The molecule has 1 aromatic rings. The molecule has 0 saturated carbocycles. The average molecular weight is 278 g/mol. The van der Waals surface area contributed by atoms with E-state index in [1.54, 1.807) is 0 Å². The fourth-order valence-electron chi connectivity index (χ4n) is 1.27. The Labute approximate surface area is 101 Å². The van der Waals surface area contributed by atoms with Crippen LogP contribution in [-0.4, -0.2) is 41.5 Å². The first kappa shape index (κ1) is 13.9. The second-order valence-corrected chi connectivity index (χ2v) is 7.83. The van der Waals surface area contributed by atoms with Crippen LogP contribution in [0.3, 0.4) is 0 Å². The van der Waals surface area contributed by atoms with Crippen molar-refractivity contribution in [2.75, 3.05) is 26.1 Å². The third-order valence-electron chi connectivity index (χ3n) is 2.18. The number of hydrogen-bond donors (Lipinski definition) is 1. The molecule has 0 unspecified atom stereocenters. The van der Waals surface area contributed by atoms with E-state index in [4.69, 9.17) is 5.73 Å². The van der Waals surface area contributed by atoms with Crippen molar-refractivity contribution >= 4 is 25.5 Å². The summed E-state index contributed by atoms with van der Waals surface area (Å²) >= 11 is 0. The van der Waals surface area contributed by atoms with Crippen LogP contribution in [0, 0.1) is 0 Å². The van der Waals surface area contributed by atoms with Crippen molar-refractivity contribution in [2.45, 2.75) is 9.79 Å². The molecule has 17 heavy (non-hydrogen) atoms. The number of nitrogen functional groups attached to an aromatic ring is 1. The zero-order valence-electron chi connectivity index (χ0n) is 9.71. The van der Waals surface area contributed by atoms with Gasteiger partial charge in [-0.2, -0.15) is 0 Å². The molecule has 0 atom stereocenters. The number of rotatable bonds is 3. The molecule has 2 N–H and O–H groups in total. The Bertz CT molecular complexity index is 633. The highest BCUT2D eigenvalue weighted by Crippen LogP contribution is 2.27. The summed E-state index contributed by atoms with van der Waals surface area (Å²) in [7, 11) is -4.60. The van der Waals surface area contributed by atoms with Gasteiger partial charge in [0, 0.05) is 20.4 Å². The minimum Gasteiger partial charge on any atom is -0.397 e. The quantitative estimate of drug-likeness (QED) is 0.780. The van der Waals surface area contributed by atoms with Crippen molar-refractivity contribution in [2.24, 2.45) is 0 Å². The zero-order chi connectivity index (χ0) is 13.4. The molecule has 1 aromatic carbocycles. The highest BCUT2D eigenvalue weighted by Gasteiger charge is 2.24. The third-order valence-corrected chi connectivity index (χ3v) is 5.21. The van der Waals surface area contributed by atoms with E-state index in [-0.39, 0.29) is 15.5 Å². The molecule has 8 heteroatoms. The zero-order valence-corrected chi connectivity index (χ0v) is 11.3. The van der Waals surface area contributed by atoms with Crippen molar-refractivity contribution in [3.05, 3.63) is 18.2 Å². The van der Waals surface area contributed by atoms with Gasteiger partial charge in [-0.25, -0.2) is 21.1 Å². The van der Waals surface area contributed by atoms with Gasteiger partial charge in [0.05, 0.1) is 10.6 Å². The first-order chi connectivity index (χ1) is 7.58. The maximum Gasteiger partial charge on any atom is 0.244 e. The lowest BCUT2D eigenvalue weighted by molar-refractivity contribution is 0.521. The van der Waals surface area contributed by atoms with Crippen LogP contribution in [0.15, 0.2) is 28.0 Å². The molecule has 0 aliphatic rings. The SMILES string of the molecule is CN(C)S(=O)(=O)c1cccc(S(C)(=O)=O)c1N. The van der Waals surface area contributed by atoms with Crippen molar-refractivity contribution in [3.8, 4) is 0 Å². The van der Waals surface area contributed by atoms with Gasteiger partial charge in [0.1, 0.15) is 4.90 Å². The number of sulfonamides is 1. The molecule has 0 amide bonds. The number of hydrogen-bond acceptors (Lipinski definition) is 5. The average Bonchev–Trinajstić information content (AvgIpc) is 2.15. The number of para-hydroxylation sites is 1. The van der Waals surface area contributed by atoms with Crippen molar-refractivity contribution in [3.63, 3.8) is 0 Å². The lowest BCUT2D eigenvalue weighted by Gasteiger charge is -2.14. The lowest BCUT2D eigenvalue weighted by atomic mass is 10.3. The van der Waals surface area contributed by atoms with E-state index in [9.17, 15) is 16.8 Å².